The summed E-state index contributed by atoms with van der Waals surface area (Å²) in [5.41, 5.74) is 8.65. The second-order valence-electron chi connectivity index (χ2n) is 5.81. The fourth-order valence-electron chi connectivity index (χ4n) is 3.43. The number of nitrogens with zero attached hydrogens (tertiary/aromatic N) is 3. The highest BCUT2D eigenvalue weighted by atomic mass is 15.1. The molecule has 1 saturated carbocycles. The molecule has 1 aliphatic carbocycles. The molecule has 1 aromatic rings. The molecule has 0 bridgehead atoms. The lowest BCUT2D eigenvalue weighted by atomic mass is 9.89. The lowest BCUT2D eigenvalue weighted by molar-refractivity contribution is 0.203. The van der Waals surface area contributed by atoms with Crippen molar-refractivity contribution >= 4 is 5.82 Å². The van der Waals surface area contributed by atoms with E-state index in [1.807, 2.05) is 6.20 Å². The zero-order valence-electron chi connectivity index (χ0n) is 11.2. The number of hydrogen-bond acceptors (Lipinski definition) is 4. The van der Waals surface area contributed by atoms with Gasteiger partial charge >= 0.3 is 0 Å². The Balaban J connectivity index is 1.72. The average Bonchev–Trinajstić information content (AvgIpc) is 2.82. The van der Waals surface area contributed by atoms with Crippen LogP contribution in [0.25, 0.3) is 0 Å². The fraction of sp³-hybridized carbons (Fsp3) is 0.600. The van der Waals surface area contributed by atoms with E-state index in [-0.39, 0.29) is 0 Å². The van der Waals surface area contributed by atoms with Crippen molar-refractivity contribution in [2.45, 2.75) is 45.2 Å². The third kappa shape index (κ3) is 2.43. The standard InChI is InChI=1S/C15H20N4/c16-6-13-14-10-19(8-11-4-2-1-3-5-11)9-12(14)7-18-15(13)17/h7,11H,1-5,8-10H2,(H2,17,18). The van der Waals surface area contributed by atoms with Gasteiger partial charge in [-0.2, -0.15) is 5.26 Å². The number of pyridine rings is 1. The molecule has 1 fully saturated rings. The Bertz CT molecular complexity index is 512. The molecule has 0 unspecified atom stereocenters. The minimum absolute atomic E-state index is 0.376. The van der Waals surface area contributed by atoms with Crippen LogP contribution in [0, 0.1) is 17.2 Å². The molecule has 0 amide bonds. The Hall–Kier alpha value is -1.60. The van der Waals surface area contributed by atoms with Crippen LogP contribution in [-0.4, -0.2) is 16.4 Å². The van der Waals surface area contributed by atoms with Gasteiger partial charge in [0.05, 0.1) is 5.56 Å². The van der Waals surface area contributed by atoms with Gasteiger partial charge in [-0.3, -0.25) is 4.90 Å². The molecule has 2 N–H and O–H groups in total. The molecule has 100 valence electrons. The zero-order chi connectivity index (χ0) is 13.2. The molecule has 0 spiro atoms. The first-order chi connectivity index (χ1) is 9.28. The lowest BCUT2D eigenvalue weighted by Gasteiger charge is -2.26. The minimum Gasteiger partial charge on any atom is -0.383 e. The predicted molar refractivity (Wildman–Crippen MR) is 74.1 cm³/mol. The molecule has 3 rings (SSSR count). The van der Waals surface area contributed by atoms with E-state index in [1.54, 1.807) is 0 Å². The number of rotatable bonds is 2. The Morgan fingerprint density at radius 1 is 1.32 bits per heavy atom. The van der Waals surface area contributed by atoms with E-state index in [0.29, 0.717) is 11.4 Å². The monoisotopic (exact) mass is 256 g/mol. The Morgan fingerprint density at radius 3 is 2.84 bits per heavy atom. The first-order valence-corrected chi connectivity index (χ1v) is 7.16. The third-order valence-electron chi connectivity index (χ3n) is 4.43. The predicted octanol–water partition coefficient (Wildman–Crippen LogP) is 2.43. The zero-order valence-corrected chi connectivity index (χ0v) is 11.2. The molecule has 4 nitrogen and oxygen atoms in total. The van der Waals surface area contributed by atoms with Gasteiger partial charge in [0.15, 0.2) is 0 Å². The number of fused-ring (bicyclic) bond motifs is 1. The number of nitrogens with two attached hydrogens (primary N) is 1. The van der Waals surface area contributed by atoms with Gasteiger partial charge in [0.25, 0.3) is 0 Å². The highest BCUT2D eigenvalue weighted by Gasteiger charge is 2.26. The maximum atomic E-state index is 9.20. The molecule has 1 aliphatic heterocycles. The molecule has 0 radical (unpaired) electrons. The number of hydrogen-bond donors (Lipinski definition) is 1. The van der Waals surface area contributed by atoms with Crippen LogP contribution in [0.3, 0.4) is 0 Å². The van der Waals surface area contributed by atoms with Crippen molar-refractivity contribution in [3.8, 4) is 6.07 Å². The van der Waals surface area contributed by atoms with Gasteiger partial charge in [0, 0.05) is 25.8 Å². The number of nitriles is 1. The van der Waals surface area contributed by atoms with Gasteiger partial charge in [0.2, 0.25) is 0 Å². The minimum atomic E-state index is 0.376. The molecule has 0 saturated heterocycles. The third-order valence-corrected chi connectivity index (χ3v) is 4.43. The summed E-state index contributed by atoms with van der Waals surface area (Å²) in [6, 6.07) is 2.21. The molecule has 1 aromatic heterocycles. The van der Waals surface area contributed by atoms with Crippen LogP contribution in [0.2, 0.25) is 0 Å². The van der Waals surface area contributed by atoms with Crippen molar-refractivity contribution in [2.75, 3.05) is 12.3 Å². The lowest BCUT2D eigenvalue weighted by Crippen LogP contribution is -2.26. The van der Waals surface area contributed by atoms with Crippen molar-refractivity contribution in [2.24, 2.45) is 5.92 Å². The van der Waals surface area contributed by atoms with E-state index in [0.717, 1.165) is 31.1 Å². The van der Waals surface area contributed by atoms with E-state index in [9.17, 15) is 5.26 Å². The van der Waals surface area contributed by atoms with Crippen LogP contribution in [-0.2, 0) is 13.1 Å². The summed E-state index contributed by atoms with van der Waals surface area (Å²) in [6.45, 7) is 2.94. The largest absolute Gasteiger partial charge is 0.383 e. The second kappa shape index (κ2) is 5.18. The molecule has 19 heavy (non-hydrogen) atoms. The van der Waals surface area contributed by atoms with Crippen LogP contribution in [0.4, 0.5) is 5.82 Å². The van der Waals surface area contributed by atoms with Crippen LogP contribution in [0.5, 0.6) is 0 Å². The molecule has 2 heterocycles. The molecule has 0 aromatic carbocycles. The summed E-state index contributed by atoms with van der Waals surface area (Å²) >= 11 is 0. The SMILES string of the molecule is N#Cc1c(N)ncc2c1CN(CC1CCCCC1)C2. The van der Waals surface area contributed by atoms with Gasteiger partial charge in [-0.25, -0.2) is 4.98 Å². The molecule has 0 atom stereocenters. The topological polar surface area (TPSA) is 65.9 Å². The van der Waals surface area contributed by atoms with E-state index in [1.165, 1.54) is 37.7 Å². The van der Waals surface area contributed by atoms with Crippen molar-refractivity contribution in [3.05, 3.63) is 22.9 Å². The normalized spacial score (nSPS) is 20.2. The fourth-order valence-corrected chi connectivity index (χ4v) is 3.43. The first-order valence-electron chi connectivity index (χ1n) is 7.16. The molecule has 4 heteroatoms. The molecular weight excluding hydrogens is 236 g/mol. The number of aromatic nitrogens is 1. The average molecular weight is 256 g/mol. The van der Waals surface area contributed by atoms with Gasteiger partial charge in [-0.1, -0.05) is 19.3 Å². The summed E-state index contributed by atoms with van der Waals surface area (Å²) in [7, 11) is 0. The Morgan fingerprint density at radius 2 is 2.11 bits per heavy atom. The molecule has 2 aliphatic rings. The molecular formula is C15H20N4. The second-order valence-corrected chi connectivity index (χ2v) is 5.81. The van der Waals surface area contributed by atoms with E-state index in [4.69, 9.17) is 5.73 Å². The van der Waals surface area contributed by atoms with E-state index >= 15 is 0 Å². The van der Waals surface area contributed by atoms with Crippen molar-refractivity contribution in [1.29, 1.82) is 5.26 Å². The van der Waals surface area contributed by atoms with Crippen molar-refractivity contribution in [3.63, 3.8) is 0 Å². The van der Waals surface area contributed by atoms with Crippen molar-refractivity contribution in [1.82, 2.24) is 9.88 Å². The van der Waals surface area contributed by atoms with Crippen LogP contribution in [0.1, 0.15) is 48.8 Å². The van der Waals surface area contributed by atoms with Crippen molar-refractivity contribution < 1.29 is 0 Å². The smallest absolute Gasteiger partial charge is 0.141 e. The van der Waals surface area contributed by atoms with E-state index < -0.39 is 0 Å². The number of anilines is 1. The highest BCUT2D eigenvalue weighted by molar-refractivity contribution is 5.56. The van der Waals surface area contributed by atoms with E-state index in [2.05, 4.69) is 16.0 Å². The summed E-state index contributed by atoms with van der Waals surface area (Å²) in [5, 5.41) is 9.20. The quantitative estimate of drug-likeness (QED) is 0.882. The Kier molecular flexibility index (Phi) is 3.39. The van der Waals surface area contributed by atoms with Gasteiger partial charge < -0.3 is 5.73 Å². The maximum absolute atomic E-state index is 9.20. The Labute approximate surface area is 114 Å². The van der Waals surface area contributed by atoms with Crippen LogP contribution in [0.15, 0.2) is 6.20 Å². The number of nitrogen functional groups attached to an aromatic ring is 1. The highest BCUT2D eigenvalue weighted by Crippen LogP contribution is 2.31. The van der Waals surface area contributed by atoms with Crippen LogP contribution >= 0.6 is 0 Å². The van der Waals surface area contributed by atoms with Gasteiger partial charge in [-0.05, 0) is 29.9 Å². The summed E-state index contributed by atoms with van der Waals surface area (Å²) < 4.78 is 0. The maximum Gasteiger partial charge on any atom is 0.141 e. The van der Waals surface area contributed by atoms with Crippen LogP contribution < -0.4 is 5.73 Å². The van der Waals surface area contributed by atoms with Gasteiger partial charge in [0.1, 0.15) is 11.9 Å². The summed E-state index contributed by atoms with van der Waals surface area (Å²) in [5.74, 6) is 1.21. The summed E-state index contributed by atoms with van der Waals surface area (Å²) in [6.07, 6.45) is 8.71. The van der Waals surface area contributed by atoms with Gasteiger partial charge in [-0.15, -0.1) is 0 Å². The first kappa shape index (κ1) is 12.4. The summed E-state index contributed by atoms with van der Waals surface area (Å²) in [4.78, 5) is 6.58.